The van der Waals surface area contributed by atoms with Crippen molar-refractivity contribution in [1.82, 2.24) is 9.97 Å². The Morgan fingerprint density at radius 2 is 1.83 bits per heavy atom. The number of anilines is 2. The third-order valence-corrected chi connectivity index (χ3v) is 4.58. The Morgan fingerprint density at radius 1 is 1.09 bits per heavy atom. The quantitative estimate of drug-likeness (QED) is 0.885. The molecule has 0 unspecified atom stereocenters. The Hall–Kier alpha value is -1.95. The van der Waals surface area contributed by atoms with Gasteiger partial charge in [0.25, 0.3) is 5.91 Å². The maximum Gasteiger partial charge on any atom is 0.274 e. The van der Waals surface area contributed by atoms with Crippen LogP contribution in [0.15, 0.2) is 41.0 Å². The van der Waals surface area contributed by atoms with E-state index >= 15 is 0 Å². The van der Waals surface area contributed by atoms with Gasteiger partial charge in [0.1, 0.15) is 5.69 Å². The SMILES string of the molecule is O=C(Nc1ccccc1Br)c1ccnc(N2CCCCCC2)n1. The van der Waals surface area contributed by atoms with Gasteiger partial charge in [-0.05, 0) is 47.0 Å². The van der Waals surface area contributed by atoms with Crippen LogP contribution < -0.4 is 10.2 Å². The molecule has 1 N–H and O–H groups in total. The van der Waals surface area contributed by atoms with Crippen LogP contribution in [0, 0.1) is 0 Å². The number of hydrogen-bond acceptors (Lipinski definition) is 4. The Kier molecular flexibility index (Phi) is 5.23. The van der Waals surface area contributed by atoms with Gasteiger partial charge in [-0.2, -0.15) is 0 Å². The monoisotopic (exact) mass is 374 g/mol. The molecule has 1 aliphatic rings. The lowest BCUT2D eigenvalue weighted by atomic mass is 10.2. The molecule has 1 aromatic carbocycles. The summed E-state index contributed by atoms with van der Waals surface area (Å²) >= 11 is 3.43. The highest BCUT2D eigenvalue weighted by molar-refractivity contribution is 9.10. The van der Waals surface area contributed by atoms with Gasteiger partial charge in [0.05, 0.1) is 5.69 Å². The number of carbonyl (C=O) groups is 1. The largest absolute Gasteiger partial charge is 0.341 e. The second kappa shape index (κ2) is 7.55. The van der Waals surface area contributed by atoms with Gasteiger partial charge in [0.15, 0.2) is 0 Å². The Balaban J connectivity index is 1.76. The minimum atomic E-state index is -0.227. The lowest BCUT2D eigenvalue weighted by Crippen LogP contribution is -2.27. The van der Waals surface area contributed by atoms with Crippen LogP contribution >= 0.6 is 15.9 Å². The molecule has 1 aromatic heterocycles. The van der Waals surface area contributed by atoms with Crippen molar-refractivity contribution in [3.8, 4) is 0 Å². The zero-order valence-corrected chi connectivity index (χ0v) is 14.4. The van der Waals surface area contributed by atoms with Gasteiger partial charge >= 0.3 is 0 Å². The lowest BCUT2D eigenvalue weighted by molar-refractivity contribution is 0.102. The lowest BCUT2D eigenvalue weighted by Gasteiger charge is -2.20. The molecule has 0 atom stereocenters. The van der Waals surface area contributed by atoms with Crippen LogP contribution in [0.1, 0.15) is 36.2 Å². The fraction of sp³-hybridized carbons (Fsp3) is 0.353. The molecule has 2 aromatic rings. The van der Waals surface area contributed by atoms with Gasteiger partial charge in [-0.3, -0.25) is 4.79 Å². The minimum absolute atomic E-state index is 0.227. The van der Waals surface area contributed by atoms with Gasteiger partial charge < -0.3 is 10.2 Å². The molecule has 23 heavy (non-hydrogen) atoms. The predicted molar refractivity (Wildman–Crippen MR) is 94.8 cm³/mol. The van der Waals surface area contributed by atoms with E-state index in [1.165, 1.54) is 12.8 Å². The Morgan fingerprint density at radius 3 is 2.57 bits per heavy atom. The van der Waals surface area contributed by atoms with Crippen molar-refractivity contribution in [3.05, 3.63) is 46.7 Å². The topological polar surface area (TPSA) is 58.1 Å². The second-order valence-electron chi connectivity index (χ2n) is 5.58. The van der Waals surface area contributed by atoms with Crippen molar-refractivity contribution in [2.45, 2.75) is 25.7 Å². The predicted octanol–water partition coefficient (Wildman–Crippen LogP) is 3.87. The zero-order valence-electron chi connectivity index (χ0n) is 12.8. The number of rotatable bonds is 3. The normalized spacial score (nSPS) is 15.1. The summed E-state index contributed by atoms with van der Waals surface area (Å²) in [4.78, 5) is 23.4. The Labute approximate surface area is 144 Å². The fourth-order valence-electron chi connectivity index (χ4n) is 2.65. The highest BCUT2D eigenvalue weighted by Gasteiger charge is 2.15. The molecule has 1 amide bonds. The van der Waals surface area contributed by atoms with E-state index in [1.54, 1.807) is 12.3 Å². The highest BCUT2D eigenvalue weighted by atomic mass is 79.9. The summed E-state index contributed by atoms with van der Waals surface area (Å²) in [6.07, 6.45) is 6.45. The molecule has 2 heterocycles. The third kappa shape index (κ3) is 4.07. The molecular weight excluding hydrogens is 356 g/mol. The number of para-hydroxylation sites is 1. The first kappa shape index (κ1) is 15.9. The molecule has 1 aliphatic heterocycles. The van der Waals surface area contributed by atoms with Gasteiger partial charge in [-0.15, -0.1) is 0 Å². The second-order valence-corrected chi connectivity index (χ2v) is 6.43. The smallest absolute Gasteiger partial charge is 0.274 e. The van der Waals surface area contributed by atoms with E-state index in [4.69, 9.17) is 0 Å². The van der Waals surface area contributed by atoms with E-state index in [-0.39, 0.29) is 5.91 Å². The summed E-state index contributed by atoms with van der Waals surface area (Å²) in [5.41, 5.74) is 1.11. The van der Waals surface area contributed by atoms with Crippen molar-refractivity contribution in [1.29, 1.82) is 0 Å². The Bertz CT molecular complexity index is 684. The van der Waals surface area contributed by atoms with Crippen LogP contribution in [-0.4, -0.2) is 29.0 Å². The number of halogens is 1. The molecule has 3 rings (SSSR count). The summed E-state index contributed by atoms with van der Waals surface area (Å²) in [5, 5.41) is 2.87. The van der Waals surface area contributed by atoms with Crippen LogP contribution in [0.3, 0.4) is 0 Å². The zero-order chi connectivity index (χ0) is 16.1. The number of nitrogens with one attached hydrogen (secondary N) is 1. The van der Waals surface area contributed by atoms with E-state index in [1.807, 2.05) is 24.3 Å². The van der Waals surface area contributed by atoms with Crippen LogP contribution in [0.5, 0.6) is 0 Å². The molecule has 1 fully saturated rings. The molecule has 0 spiro atoms. The molecule has 6 heteroatoms. The highest BCUT2D eigenvalue weighted by Crippen LogP contribution is 2.22. The first-order chi connectivity index (χ1) is 11.2. The average Bonchev–Trinajstić information content (AvgIpc) is 2.86. The summed E-state index contributed by atoms with van der Waals surface area (Å²) in [7, 11) is 0. The van der Waals surface area contributed by atoms with Gasteiger partial charge in [0.2, 0.25) is 5.95 Å². The van der Waals surface area contributed by atoms with Gasteiger partial charge in [0, 0.05) is 23.8 Å². The van der Waals surface area contributed by atoms with Crippen molar-refractivity contribution in [2.24, 2.45) is 0 Å². The van der Waals surface area contributed by atoms with Crippen molar-refractivity contribution in [3.63, 3.8) is 0 Å². The number of nitrogens with zero attached hydrogens (tertiary/aromatic N) is 3. The number of carbonyl (C=O) groups excluding carboxylic acids is 1. The number of amides is 1. The van der Waals surface area contributed by atoms with Crippen molar-refractivity contribution < 1.29 is 4.79 Å². The first-order valence-electron chi connectivity index (χ1n) is 7.88. The van der Waals surface area contributed by atoms with E-state index < -0.39 is 0 Å². The molecule has 0 bridgehead atoms. The maximum absolute atomic E-state index is 12.4. The standard InChI is InChI=1S/C17H19BrN4O/c18-13-7-3-4-8-14(13)20-16(23)15-9-10-19-17(21-15)22-11-5-1-2-6-12-22/h3-4,7-10H,1-2,5-6,11-12H2,(H,20,23). The molecule has 0 radical (unpaired) electrons. The summed E-state index contributed by atoms with van der Waals surface area (Å²) < 4.78 is 0.843. The molecule has 1 saturated heterocycles. The molecule has 0 aliphatic carbocycles. The molecule has 5 nitrogen and oxygen atoms in total. The molecule has 0 saturated carbocycles. The summed E-state index contributed by atoms with van der Waals surface area (Å²) in [6.45, 7) is 1.91. The third-order valence-electron chi connectivity index (χ3n) is 3.89. The number of aromatic nitrogens is 2. The average molecular weight is 375 g/mol. The van der Waals surface area contributed by atoms with E-state index in [0.717, 1.165) is 36.1 Å². The van der Waals surface area contributed by atoms with Gasteiger partial charge in [-0.25, -0.2) is 9.97 Å². The first-order valence-corrected chi connectivity index (χ1v) is 8.67. The van der Waals surface area contributed by atoms with Crippen LogP contribution in [-0.2, 0) is 0 Å². The minimum Gasteiger partial charge on any atom is -0.341 e. The molecule has 120 valence electrons. The molecular formula is C17H19BrN4O. The number of hydrogen-bond donors (Lipinski definition) is 1. The summed E-state index contributed by atoms with van der Waals surface area (Å²) in [5.74, 6) is 0.419. The van der Waals surface area contributed by atoms with Crippen molar-refractivity contribution in [2.75, 3.05) is 23.3 Å². The van der Waals surface area contributed by atoms with Crippen LogP contribution in [0.25, 0.3) is 0 Å². The van der Waals surface area contributed by atoms with Gasteiger partial charge in [-0.1, -0.05) is 25.0 Å². The van der Waals surface area contributed by atoms with E-state index in [0.29, 0.717) is 11.6 Å². The fourth-order valence-corrected chi connectivity index (χ4v) is 3.03. The van der Waals surface area contributed by atoms with E-state index in [2.05, 4.69) is 36.1 Å². The number of benzene rings is 1. The van der Waals surface area contributed by atoms with Crippen molar-refractivity contribution >= 4 is 33.5 Å². The maximum atomic E-state index is 12.4. The van der Waals surface area contributed by atoms with Crippen LogP contribution in [0.2, 0.25) is 0 Å². The van der Waals surface area contributed by atoms with E-state index in [9.17, 15) is 4.79 Å². The summed E-state index contributed by atoms with van der Waals surface area (Å²) in [6, 6.07) is 9.16. The van der Waals surface area contributed by atoms with Crippen LogP contribution in [0.4, 0.5) is 11.6 Å².